The van der Waals surface area contributed by atoms with Crippen molar-refractivity contribution in [2.75, 3.05) is 23.9 Å². The van der Waals surface area contributed by atoms with Crippen molar-refractivity contribution in [3.8, 4) is 6.01 Å². The number of anilines is 2. The van der Waals surface area contributed by atoms with Crippen molar-refractivity contribution in [2.45, 2.75) is 18.2 Å². The second kappa shape index (κ2) is 8.82. The van der Waals surface area contributed by atoms with E-state index in [1.165, 1.54) is 30.2 Å². The Labute approximate surface area is 189 Å². The van der Waals surface area contributed by atoms with E-state index in [2.05, 4.69) is 20.3 Å². The molecule has 0 aliphatic carbocycles. The van der Waals surface area contributed by atoms with Gasteiger partial charge in [-0.2, -0.15) is 15.0 Å². The topological polar surface area (TPSA) is 143 Å². The number of hydrogen-bond donors (Lipinski definition) is 2. The Balaban J connectivity index is 1.57. The number of para-hydroxylation sites is 1. The Hall–Kier alpha value is -4.06. The molecule has 2 aromatic carbocycles. The summed E-state index contributed by atoms with van der Waals surface area (Å²) in [5.74, 6) is -0.397. The number of benzene rings is 2. The molecule has 12 heteroatoms. The van der Waals surface area contributed by atoms with Gasteiger partial charge in [-0.25, -0.2) is 17.9 Å². The van der Waals surface area contributed by atoms with Crippen LogP contribution in [0.1, 0.15) is 21.7 Å². The number of nitrogens with one attached hydrogen (secondary N) is 2. The Morgan fingerprint density at radius 2 is 1.76 bits per heavy atom. The minimum absolute atomic E-state index is 0.0394. The predicted molar refractivity (Wildman–Crippen MR) is 119 cm³/mol. The van der Waals surface area contributed by atoms with Crippen molar-refractivity contribution < 1.29 is 22.7 Å². The maximum atomic E-state index is 13.3. The quantitative estimate of drug-likeness (QED) is 0.578. The van der Waals surface area contributed by atoms with Crippen molar-refractivity contribution in [1.29, 1.82) is 0 Å². The first-order chi connectivity index (χ1) is 15.8. The number of amides is 3. The highest BCUT2D eigenvalue weighted by Crippen LogP contribution is 2.30. The van der Waals surface area contributed by atoms with Crippen LogP contribution in [-0.2, 0) is 16.4 Å². The molecule has 1 aromatic heterocycles. The molecule has 0 saturated heterocycles. The van der Waals surface area contributed by atoms with Gasteiger partial charge in [-0.05, 0) is 37.1 Å². The summed E-state index contributed by atoms with van der Waals surface area (Å²) in [7, 11) is -3.06. The molecule has 1 aliphatic rings. The SMILES string of the molecule is COc1nc(C)nc(NC(=O)NS(=O)(=O)c2ccccc2C(=O)N2CCc3ccccc32)n1. The average Bonchev–Trinajstić information content (AvgIpc) is 3.22. The van der Waals surface area contributed by atoms with Crippen molar-refractivity contribution in [3.05, 3.63) is 65.5 Å². The van der Waals surface area contributed by atoms with Gasteiger partial charge >= 0.3 is 12.0 Å². The average molecular weight is 468 g/mol. The largest absolute Gasteiger partial charge is 0.467 e. The van der Waals surface area contributed by atoms with E-state index in [1.807, 2.05) is 29.0 Å². The van der Waals surface area contributed by atoms with Crippen LogP contribution in [-0.4, -0.2) is 49.0 Å². The van der Waals surface area contributed by atoms with Crippen LogP contribution in [0.15, 0.2) is 53.4 Å². The molecule has 11 nitrogen and oxygen atoms in total. The molecule has 2 N–H and O–H groups in total. The van der Waals surface area contributed by atoms with Gasteiger partial charge in [0.05, 0.1) is 12.7 Å². The number of rotatable bonds is 5. The van der Waals surface area contributed by atoms with Gasteiger partial charge in [-0.1, -0.05) is 30.3 Å². The summed E-state index contributed by atoms with van der Waals surface area (Å²) in [5.41, 5.74) is 1.69. The minimum atomic E-state index is -4.40. The number of sulfonamides is 1. The molecule has 0 radical (unpaired) electrons. The Morgan fingerprint density at radius 1 is 1.03 bits per heavy atom. The van der Waals surface area contributed by atoms with Gasteiger partial charge in [-0.15, -0.1) is 0 Å². The van der Waals surface area contributed by atoms with E-state index in [9.17, 15) is 18.0 Å². The van der Waals surface area contributed by atoms with Crippen molar-refractivity contribution in [3.63, 3.8) is 0 Å². The standard InChI is InChI=1S/C21H20N6O5S/c1-13-22-19(25-21(23-13)32-2)24-20(29)26-33(30,31)17-10-6-4-8-15(17)18(28)27-12-11-14-7-3-5-9-16(14)27/h3-10H,11-12H2,1-2H3,(H2,22,23,24,25,26,29). The minimum Gasteiger partial charge on any atom is -0.467 e. The van der Waals surface area contributed by atoms with Gasteiger partial charge in [-0.3, -0.25) is 10.1 Å². The van der Waals surface area contributed by atoms with Crippen LogP contribution in [0.3, 0.4) is 0 Å². The van der Waals surface area contributed by atoms with Crippen molar-refractivity contribution in [2.24, 2.45) is 0 Å². The molecule has 0 saturated carbocycles. The smallest absolute Gasteiger partial charge is 0.335 e. The summed E-state index contributed by atoms with van der Waals surface area (Å²) >= 11 is 0. The van der Waals surface area contributed by atoms with E-state index in [0.717, 1.165) is 11.3 Å². The van der Waals surface area contributed by atoms with Crippen LogP contribution < -0.4 is 19.7 Å². The molecule has 0 unspecified atom stereocenters. The fourth-order valence-corrected chi connectivity index (χ4v) is 4.59. The van der Waals surface area contributed by atoms with E-state index in [1.54, 1.807) is 13.0 Å². The third-order valence-electron chi connectivity index (χ3n) is 4.90. The van der Waals surface area contributed by atoms with E-state index in [0.29, 0.717) is 13.0 Å². The number of carbonyl (C=O) groups is 2. The fourth-order valence-electron chi connectivity index (χ4n) is 3.48. The van der Waals surface area contributed by atoms with Crippen LogP contribution in [0.2, 0.25) is 0 Å². The maximum absolute atomic E-state index is 13.3. The summed E-state index contributed by atoms with van der Waals surface area (Å²) in [6.07, 6.45) is 0.673. The van der Waals surface area contributed by atoms with Gasteiger partial charge in [0.1, 0.15) is 10.7 Å². The zero-order valence-electron chi connectivity index (χ0n) is 17.8. The van der Waals surface area contributed by atoms with Crippen LogP contribution in [0.5, 0.6) is 6.01 Å². The Morgan fingerprint density at radius 3 is 2.55 bits per heavy atom. The number of fused-ring (bicyclic) bond motifs is 1. The number of urea groups is 1. The second-order valence-electron chi connectivity index (χ2n) is 7.08. The van der Waals surface area contributed by atoms with E-state index >= 15 is 0 Å². The van der Waals surface area contributed by atoms with Crippen LogP contribution in [0, 0.1) is 6.92 Å². The highest BCUT2D eigenvalue weighted by atomic mass is 32.2. The summed E-state index contributed by atoms with van der Waals surface area (Å²) in [6.45, 7) is 1.99. The highest BCUT2D eigenvalue weighted by molar-refractivity contribution is 7.90. The molecule has 0 spiro atoms. The first-order valence-corrected chi connectivity index (χ1v) is 11.4. The number of ether oxygens (including phenoxy) is 1. The maximum Gasteiger partial charge on any atom is 0.335 e. The molecular formula is C21H20N6O5S. The first kappa shape index (κ1) is 22.1. The fraction of sp³-hybridized carbons (Fsp3) is 0.190. The molecule has 4 rings (SSSR count). The molecule has 3 aromatic rings. The molecule has 0 fully saturated rings. The number of nitrogens with zero attached hydrogens (tertiary/aromatic N) is 4. The molecule has 1 aliphatic heterocycles. The Kier molecular flexibility index (Phi) is 5.92. The van der Waals surface area contributed by atoms with Crippen LogP contribution in [0.4, 0.5) is 16.4 Å². The molecule has 0 atom stereocenters. The number of aryl methyl sites for hydroxylation is 1. The first-order valence-electron chi connectivity index (χ1n) is 9.88. The predicted octanol–water partition coefficient (Wildman–Crippen LogP) is 1.90. The summed E-state index contributed by atoms with van der Waals surface area (Å²) in [6, 6.07) is 12.0. The zero-order chi connectivity index (χ0) is 23.6. The van der Waals surface area contributed by atoms with Crippen molar-refractivity contribution >= 4 is 33.6 Å². The summed E-state index contributed by atoms with van der Waals surface area (Å²) < 4.78 is 32.8. The normalized spacial score (nSPS) is 12.7. The summed E-state index contributed by atoms with van der Waals surface area (Å²) in [4.78, 5) is 38.5. The molecular weight excluding hydrogens is 448 g/mol. The third-order valence-corrected chi connectivity index (χ3v) is 6.29. The lowest BCUT2D eigenvalue weighted by atomic mass is 10.1. The monoisotopic (exact) mass is 468 g/mol. The number of aromatic nitrogens is 3. The molecule has 170 valence electrons. The summed E-state index contributed by atoms with van der Waals surface area (Å²) in [5, 5.41) is 2.23. The van der Waals surface area contributed by atoms with E-state index < -0.39 is 22.0 Å². The molecule has 3 amide bonds. The third kappa shape index (κ3) is 4.60. The van der Waals surface area contributed by atoms with E-state index in [4.69, 9.17) is 4.74 Å². The zero-order valence-corrected chi connectivity index (χ0v) is 18.6. The number of methoxy groups -OCH3 is 1. The number of hydrogen-bond acceptors (Lipinski definition) is 8. The van der Waals surface area contributed by atoms with Gasteiger partial charge in [0, 0.05) is 12.2 Å². The van der Waals surface area contributed by atoms with Crippen LogP contribution in [0.25, 0.3) is 0 Å². The molecule has 0 bridgehead atoms. The van der Waals surface area contributed by atoms with Gasteiger partial charge in [0.15, 0.2) is 0 Å². The number of carbonyl (C=O) groups excluding carboxylic acids is 2. The molecule has 2 heterocycles. The lowest BCUT2D eigenvalue weighted by Crippen LogP contribution is -2.37. The Bertz CT molecular complexity index is 1340. The van der Waals surface area contributed by atoms with Crippen LogP contribution >= 0.6 is 0 Å². The lowest BCUT2D eigenvalue weighted by molar-refractivity contribution is 0.0986. The lowest BCUT2D eigenvalue weighted by Gasteiger charge is -2.19. The van der Waals surface area contributed by atoms with Gasteiger partial charge in [0.25, 0.3) is 15.9 Å². The molecule has 33 heavy (non-hydrogen) atoms. The van der Waals surface area contributed by atoms with Gasteiger partial charge < -0.3 is 9.64 Å². The van der Waals surface area contributed by atoms with Crippen molar-refractivity contribution in [1.82, 2.24) is 19.7 Å². The second-order valence-corrected chi connectivity index (χ2v) is 8.74. The highest BCUT2D eigenvalue weighted by Gasteiger charge is 2.30. The van der Waals surface area contributed by atoms with Gasteiger partial charge in [0.2, 0.25) is 5.95 Å². The van der Waals surface area contributed by atoms with E-state index in [-0.39, 0.29) is 28.2 Å².